The van der Waals surface area contributed by atoms with E-state index in [4.69, 9.17) is 10.2 Å². The topological polar surface area (TPSA) is 81.6 Å². The Morgan fingerprint density at radius 1 is 0.938 bits per heavy atom. The number of carbonyl (C=O) groups excluding carboxylic acids is 1. The zero-order valence-electron chi connectivity index (χ0n) is 10.6. The minimum atomic E-state index is -0.316. The Hall–Kier alpha value is -0.810. The number of aliphatic hydroxyl groups excluding tert-OH is 2. The number of carbonyl (C=O) groups is 1. The van der Waals surface area contributed by atoms with Gasteiger partial charge in [0.05, 0.1) is 0 Å². The third-order valence-electron chi connectivity index (χ3n) is 2.31. The van der Waals surface area contributed by atoms with E-state index in [0.717, 1.165) is 0 Å². The van der Waals surface area contributed by atoms with E-state index < -0.39 is 0 Å². The van der Waals surface area contributed by atoms with Gasteiger partial charge in [0.25, 0.3) is 0 Å². The molecular formula is C11H24N2O3. The van der Waals surface area contributed by atoms with Crippen LogP contribution in [0, 0.1) is 10.8 Å². The Morgan fingerprint density at radius 3 is 1.50 bits per heavy atom. The molecule has 0 saturated heterocycles. The highest BCUT2D eigenvalue weighted by Crippen LogP contribution is 2.12. The molecule has 96 valence electrons. The number of hydrogen-bond acceptors (Lipinski definition) is 3. The van der Waals surface area contributed by atoms with Crippen molar-refractivity contribution in [2.75, 3.05) is 26.3 Å². The van der Waals surface area contributed by atoms with Crippen molar-refractivity contribution in [1.82, 2.24) is 10.6 Å². The molecule has 0 radical (unpaired) electrons. The van der Waals surface area contributed by atoms with Gasteiger partial charge in [0, 0.05) is 37.1 Å². The van der Waals surface area contributed by atoms with E-state index in [9.17, 15) is 4.79 Å². The molecule has 0 atom stereocenters. The van der Waals surface area contributed by atoms with Crippen molar-refractivity contribution in [3.8, 4) is 0 Å². The van der Waals surface area contributed by atoms with Crippen LogP contribution < -0.4 is 10.6 Å². The van der Waals surface area contributed by atoms with Crippen molar-refractivity contribution in [2.24, 2.45) is 10.8 Å². The lowest BCUT2D eigenvalue weighted by atomic mass is 9.95. The second-order valence-corrected chi connectivity index (χ2v) is 5.68. The highest BCUT2D eigenvalue weighted by atomic mass is 16.3. The van der Waals surface area contributed by atoms with Gasteiger partial charge in [0.2, 0.25) is 0 Å². The summed E-state index contributed by atoms with van der Waals surface area (Å²) < 4.78 is 0. The zero-order valence-corrected chi connectivity index (χ0v) is 10.6. The summed E-state index contributed by atoms with van der Waals surface area (Å²) in [7, 11) is 0. The summed E-state index contributed by atoms with van der Waals surface area (Å²) >= 11 is 0. The van der Waals surface area contributed by atoms with Crippen LogP contribution >= 0.6 is 0 Å². The van der Waals surface area contributed by atoms with Crippen LogP contribution in [0.2, 0.25) is 0 Å². The molecule has 4 N–H and O–H groups in total. The minimum Gasteiger partial charge on any atom is -0.396 e. The van der Waals surface area contributed by atoms with Gasteiger partial charge in [-0.2, -0.15) is 0 Å². The summed E-state index contributed by atoms with van der Waals surface area (Å²) in [5, 5.41) is 23.4. The molecule has 0 aromatic carbocycles. The summed E-state index contributed by atoms with van der Waals surface area (Å²) in [5.41, 5.74) is -0.631. The van der Waals surface area contributed by atoms with E-state index in [0.29, 0.717) is 13.1 Å². The first-order valence-corrected chi connectivity index (χ1v) is 5.46. The van der Waals surface area contributed by atoms with Crippen LogP contribution in [0.3, 0.4) is 0 Å². The van der Waals surface area contributed by atoms with Crippen LogP contribution in [0.25, 0.3) is 0 Å². The molecule has 0 fully saturated rings. The fourth-order valence-corrected chi connectivity index (χ4v) is 0.813. The highest BCUT2D eigenvalue weighted by Gasteiger charge is 2.19. The van der Waals surface area contributed by atoms with E-state index >= 15 is 0 Å². The quantitative estimate of drug-likeness (QED) is 0.532. The zero-order chi connectivity index (χ0) is 12.8. The van der Waals surface area contributed by atoms with Crippen molar-refractivity contribution in [2.45, 2.75) is 27.7 Å². The van der Waals surface area contributed by atoms with Crippen LogP contribution in [0.15, 0.2) is 0 Å². The van der Waals surface area contributed by atoms with Crippen LogP contribution in [0.1, 0.15) is 27.7 Å². The molecule has 0 rings (SSSR count). The lowest BCUT2D eigenvalue weighted by Crippen LogP contribution is -2.45. The van der Waals surface area contributed by atoms with E-state index in [1.807, 2.05) is 27.7 Å². The molecule has 0 saturated carbocycles. The van der Waals surface area contributed by atoms with Gasteiger partial charge < -0.3 is 20.8 Å². The lowest BCUT2D eigenvalue weighted by Gasteiger charge is -2.24. The maximum Gasteiger partial charge on any atom is 0.314 e. The molecule has 5 heteroatoms. The molecule has 0 aromatic heterocycles. The average Bonchev–Trinajstić information content (AvgIpc) is 2.24. The first-order valence-electron chi connectivity index (χ1n) is 5.46. The van der Waals surface area contributed by atoms with Gasteiger partial charge >= 0.3 is 6.03 Å². The molecule has 0 bridgehead atoms. The Bertz CT molecular complexity index is 205. The van der Waals surface area contributed by atoms with Crippen molar-refractivity contribution < 1.29 is 15.0 Å². The Kier molecular flexibility index (Phi) is 5.75. The number of rotatable bonds is 6. The SMILES string of the molecule is CC(C)(CO)CNC(=O)NCC(C)(C)CO. The van der Waals surface area contributed by atoms with Crippen molar-refractivity contribution in [1.29, 1.82) is 0 Å². The van der Waals surface area contributed by atoms with E-state index in [-0.39, 0.29) is 30.1 Å². The predicted molar refractivity (Wildman–Crippen MR) is 63.1 cm³/mol. The molecule has 0 aliphatic rings. The molecular weight excluding hydrogens is 208 g/mol. The van der Waals surface area contributed by atoms with Crippen LogP contribution in [0.4, 0.5) is 4.79 Å². The molecule has 5 nitrogen and oxygen atoms in total. The monoisotopic (exact) mass is 232 g/mol. The smallest absolute Gasteiger partial charge is 0.314 e. The Morgan fingerprint density at radius 2 is 1.25 bits per heavy atom. The third-order valence-corrected chi connectivity index (χ3v) is 2.31. The van der Waals surface area contributed by atoms with Crippen LogP contribution in [0.5, 0.6) is 0 Å². The van der Waals surface area contributed by atoms with Gasteiger partial charge in [-0.15, -0.1) is 0 Å². The van der Waals surface area contributed by atoms with Gasteiger partial charge in [-0.05, 0) is 0 Å². The van der Waals surface area contributed by atoms with Crippen LogP contribution in [-0.4, -0.2) is 42.5 Å². The van der Waals surface area contributed by atoms with Gasteiger partial charge in [-0.25, -0.2) is 4.79 Å². The fourth-order valence-electron chi connectivity index (χ4n) is 0.813. The summed E-state index contributed by atoms with van der Waals surface area (Å²) in [5.74, 6) is 0. The summed E-state index contributed by atoms with van der Waals surface area (Å²) in [6, 6.07) is -0.275. The maximum atomic E-state index is 11.4. The van der Waals surface area contributed by atoms with E-state index in [1.165, 1.54) is 0 Å². The summed E-state index contributed by atoms with van der Waals surface area (Å²) in [4.78, 5) is 11.4. The van der Waals surface area contributed by atoms with Crippen LogP contribution in [-0.2, 0) is 0 Å². The summed E-state index contributed by atoms with van der Waals surface area (Å²) in [6.45, 7) is 8.33. The second-order valence-electron chi connectivity index (χ2n) is 5.68. The number of amides is 2. The van der Waals surface area contributed by atoms with Gasteiger partial charge in [0.15, 0.2) is 0 Å². The van der Waals surface area contributed by atoms with E-state index in [1.54, 1.807) is 0 Å². The van der Waals surface area contributed by atoms with E-state index in [2.05, 4.69) is 10.6 Å². The molecule has 0 aromatic rings. The maximum absolute atomic E-state index is 11.4. The fraction of sp³-hybridized carbons (Fsp3) is 0.909. The van der Waals surface area contributed by atoms with Crippen molar-refractivity contribution in [3.63, 3.8) is 0 Å². The second kappa shape index (κ2) is 6.06. The van der Waals surface area contributed by atoms with Crippen molar-refractivity contribution in [3.05, 3.63) is 0 Å². The third kappa shape index (κ3) is 6.63. The molecule has 0 aliphatic heterocycles. The first-order chi connectivity index (χ1) is 7.22. The summed E-state index contributed by atoms with van der Waals surface area (Å²) in [6.07, 6.45) is 0. The minimum absolute atomic E-state index is 0.0232. The predicted octanol–water partition coefficient (Wildman–Crippen LogP) is 0.323. The first kappa shape index (κ1) is 15.2. The van der Waals surface area contributed by atoms with Gasteiger partial charge in [0.1, 0.15) is 0 Å². The number of hydrogen-bond donors (Lipinski definition) is 4. The molecule has 16 heavy (non-hydrogen) atoms. The molecule has 0 unspecified atom stereocenters. The van der Waals surface area contributed by atoms with Crippen molar-refractivity contribution >= 4 is 6.03 Å². The molecule has 0 spiro atoms. The van der Waals surface area contributed by atoms with Gasteiger partial charge in [-0.1, -0.05) is 27.7 Å². The normalized spacial score (nSPS) is 12.4. The molecule has 2 amide bonds. The molecule has 0 aliphatic carbocycles. The largest absolute Gasteiger partial charge is 0.396 e. The number of nitrogens with one attached hydrogen (secondary N) is 2. The Balaban J connectivity index is 3.85. The highest BCUT2D eigenvalue weighted by molar-refractivity contribution is 5.73. The number of aliphatic hydroxyl groups is 2. The number of urea groups is 1. The lowest BCUT2D eigenvalue weighted by molar-refractivity contribution is 0.150. The average molecular weight is 232 g/mol. The molecule has 0 heterocycles. The Labute approximate surface area is 97.2 Å². The standard InChI is InChI=1S/C11H24N2O3/c1-10(2,7-14)5-12-9(16)13-6-11(3,4)8-15/h14-15H,5-8H2,1-4H3,(H2,12,13,16). The van der Waals surface area contributed by atoms with Gasteiger partial charge in [-0.3, -0.25) is 0 Å².